The summed E-state index contributed by atoms with van der Waals surface area (Å²) in [5.41, 5.74) is 0.872. The molecule has 0 aromatic heterocycles. The van der Waals surface area contributed by atoms with Crippen LogP contribution in [-0.2, 0) is 9.59 Å². The van der Waals surface area contributed by atoms with E-state index in [9.17, 15) is 9.59 Å². The van der Waals surface area contributed by atoms with Gasteiger partial charge in [0.25, 0.3) is 0 Å². The molecule has 0 unspecified atom stereocenters. The molecule has 5 heteroatoms. The lowest BCUT2D eigenvalue weighted by Gasteiger charge is -2.18. The minimum atomic E-state index is -0.220. The first-order valence-electron chi connectivity index (χ1n) is 6.18. The minimum absolute atomic E-state index is 0.0246. The first-order valence-corrected chi connectivity index (χ1v) is 7.41. The molecule has 2 amide bonds. The number of amides is 2. The SMILES string of the molecule is CSc1ccc(N2C[C@H](C(=O)N(C)C)CC2=O)cc1. The predicted octanol–water partition coefficient (Wildman–Crippen LogP) is 1.85. The minimum Gasteiger partial charge on any atom is -0.349 e. The van der Waals surface area contributed by atoms with E-state index in [1.807, 2.05) is 30.5 Å². The molecule has 4 nitrogen and oxygen atoms in total. The molecule has 102 valence electrons. The normalized spacial score (nSPS) is 18.8. The number of anilines is 1. The van der Waals surface area contributed by atoms with E-state index in [0.717, 1.165) is 10.6 Å². The van der Waals surface area contributed by atoms with Crippen molar-refractivity contribution >= 4 is 29.3 Å². The van der Waals surface area contributed by atoms with Crippen molar-refractivity contribution in [3.05, 3.63) is 24.3 Å². The van der Waals surface area contributed by atoms with E-state index < -0.39 is 0 Å². The summed E-state index contributed by atoms with van der Waals surface area (Å²) in [7, 11) is 3.45. The Balaban J connectivity index is 2.13. The van der Waals surface area contributed by atoms with E-state index in [1.54, 1.807) is 35.7 Å². The summed E-state index contributed by atoms with van der Waals surface area (Å²) in [5, 5.41) is 0. The zero-order chi connectivity index (χ0) is 14.0. The van der Waals surface area contributed by atoms with Gasteiger partial charge in [0.1, 0.15) is 0 Å². The maximum Gasteiger partial charge on any atom is 0.227 e. The van der Waals surface area contributed by atoms with Gasteiger partial charge >= 0.3 is 0 Å². The van der Waals surface area contributed by atoms with Gasteiger partial charge in [0.15, 0.2) is 0 Å². The number of thioether (sulfide) groups is 1. The highest BCUT2D eigenvalue weighted by Crippen LogP contribution is 2.27. The Morgan fingerprint density at radius 3 is 2.47 bits per heavy atom. The molecule has 1 aromatic rings. The maximum atomic E-state index is 12.0. The standard InChI is InChI=1S/C14H18N2O2S/c1-15(2)14(18)10-8-13(17)16(9-10)11-4-6-12(19-3)7-5-11/h4-7,10H,8-9H2,1-3H3/t10-/m1/s1. The summed E-state index contributed by atoms with van der Waals surface area (Å²) < 4.78 is 0. The average Bonchev–Trinajstić information content (AvgIpc) is 2.80. The first kappa shape index (κ1) is 13.9. The fourth-order valence-corrected chi connectivity index (χ4v) is 2.66. The van der Waals surface area contributed by atoms with E-state index in [-0.39, 0.29) is 17.7 Å². The van der Waals surface area contributed by atoms with Gasteiger partial charge in [0.2, 0.25) is 11.8 Å². The van der Waals surface area contributed by atoms with Crippen LogP contribution in [-0.4, -0.2) is 43.6 Å². The molecule has 1 aromatic carbocycles. The van der Waals surface area contributed by atoms with Crippen molar-refractivity contribution in [2.24, 2.45) is 5.92 Å². The van der Waals surface area contributed by atoms with Crippen LogP contribution < -0.4 is 4.90 Å². The topological polar surface area (TPSA) is 40.6 Å². The van der Waals surface area contributed by atoms with E-state index in [4.69, 9.17) is 0 Å². The number of benzene rings is 1. The second-order valence-electron chi connectivity index (χ2n) is 4.84. The molecule has 2 rings (SSSR count). The van der Waals surface area contributed by atoms with E-state index in [0.29, 0.717) is 13.0 Å². The van der Waals surface area contributed by atoms with Gasteiger partial charge in [0.05, 0.1) is 5.92 Å². The molecular formula is C14H18N2O2S. The highest BCUT2D eigenvalue weighted by Gasteiger charge is 2.35. The molecule has 0 aliphatic carbocycles. The van der Waals surface area contributed by atoms with Gasteiger partial charge in [-0.15, -0.1) is 11.8 Å². The fraction of sp³-hybridized carbons (Fsp3) is 0.429. The summed E-state index contributed by atoms with van der Waals surface area (Å²) in [6.07, 6.45) is 2.32. The predicted molar refractivity (Wildman–Crippen MR) is 77.4 cm³/mol. The first-order chi connectivity index (χ1) is 9.02. The molecule has 19 heavy (non-hydrogen) atoms. The molecule has 1 aliphatic heterocycles. The third-order valence-electron chi connectivity index (χ3n) is 3.30. The Bertz CT molecular complexity index is 485. The average molecular weight is 278 g/mol. The summed E-state index contributed by atoms with van der Waals surface area (Å²) in [6, 6.07) is 7.86. The Hall–Kier alpha value is -1.49. The smallest absolute Gasteiger partial charge is 0.227 e. The van der Waals surface area contributed by atoms with Crippen LogP contribution in [0.4, 0.5) is 5.69 Å². The molecule has 1 atom stereocenters. The van der Waals surface area contributed by atoms with Crippen LogP contribution in [0.3, 0.4) is 0 Å². The van der Waals surface area contributed by atoms with Crippen molar-refractivity contribution in [1.29, 1.82) is 0 Å². The Morgan fingerprint density at radius 1 is 1.32 bits per heavy atom. The third-order valence-corrected chi connectivity index (χ3v) is 4.04. The van der Waals surface area contributed by atoms with Crippen molar-refractivity contribution in [1.82, 2.24) is 4.90 Å². The molecular weight excluding hydrogens is 260 g/mol. The van der Waals surface area contributed by atoms with Gasteiger partial charge in [-0.1, -0.05) is 0 Å². The van der Waals surface area contributed by atoms with Gasteiger partial charge in [-0.2, -0.15) is 0 Å². The second-order valence-corrected chi connectivity index (χ2v) is 5.72. The molecule has 0 N–H and O–H groups in total. The molecule has 1 saturated heterocycles. The van der Waals surface area contributed by atoms with Gasteiger partial charge in [-0.05, 0) is 30.5 Å². The van der Waals surface area contributed by atoms with Gasteiger partial charge < -0.3 is 9.80 Å². The maximum absolute atomic E-state index is 12.0. The highest BCUT2D eigenvalue weighted by atomic mass is 32.2. The van der Waals surface area contributed by atoms with Crippen LogP contribution in [0.15, 0.2) is 29.2 Å². The number of hydrogen-bond donors (Lipinski definition) is 0. The van der Waals surface area contributed by atoms with Crippen LogP contribution in [0.5, 0.6) is 0 Å². The second kappa shape index (κ2) is 5.65. The molecule has 0 radical (unpaired) electrons. The number of carbonyl (C=O) groups is 2. The number of nitrogens with zero attached hydrogens (tertiary/aromatic N) is 2. The van der Waals surface area contributed by atoms with Crippen molar-refractivity contribution in [3.8, 4) is 0 Å². The van der Waals surface area contributed by atoms with Gasteiger partial charge in [0, 0.05) is 37.6 Å². The van der Waals surface area contributed by atoms with E-state index in [2.05, 4.69) is 0 Å². The summed E-state index contributed by atoms with van der Waals surface area (Å²) >= 11 is 1.67. The van der Waals surface area contributed by atoms with Gasteiger partial charge in [-0.25, -0.2) is 0 Å². The lowest BCUT2D eigenvalue weighted by molar-refractivity contribution is -0.133. The van der Waals surface area contributed by atoms with E-state index >= 15 is 0 Å². The van der Waals surface area contributed by atoms with Crippen molar-refractivity contribution in [3.63, 3.8) is 0 Å². The Labute approximate surface area is 117 Å². The Kier molecular flexibility index (Phi) is 4.14. The third kappa shape index (κ3) is 2.92. The van der Waals surface area contributed by atoms with Crippen molar-refractivity contribution < 1.29 is 9.59 Å². The van der Waals surface area contributed by atoms with Gasteiger partial charge in [-0.3, -0.25) is 9.59 Å². The molecule has 0 bridgehead atoms. The summed E-state index contributed by atoms with van der Waals surface area (Å²) in [5.74, 6) is -0.170. The van der Waals surface area contributed by atoms with Crippen LogP contribution in [0.2, 0.25) is 0 Å². The lowest BCUT2D eigenvalue weighted by Crippen LogP contribution is -2.32. The van der Waals surface area contributed by atoms with Crippen LogP contribution in [0, 0.1) is 5.92 Å². The van der Waals surface area contributed by atoms with Crippen LogP contribution in [0.25, 0.3) is 0 Å². The lowest BCUT2D eigenvalue weighted by atomic mass is 10.1. The van der Waals surface area contributed by atoms with Crippen molar-refractivity contribution in [2.75, 3.05) is 31.8 Å². The van der Waals surface area contributed by atoms with Crippen LogP contribution >= 0.6 is 11.8 Å². The molecule has 0 saturated carbocycles. The summed E-state index contributed by atoms with van der Waals surface area (Å²) in [6.45, 7) is 0.481. The Morgan fingerprint density at radius 2 is 1.95 bits per heavy atom. The fourth-order valence-electron chi connectivity index (χ4n) is 2.25. The number of carbonyl (C=O) groups excluding carboxylic acids is 2. The number of hydrogen-bond acceptors (Lipinski definition) is 3. The monoisotopic (exact) mass is 278 g/mol. The van der Waals surface area contributed by atoms with Crippen molar-refractivity contribution in [2.45, 2.75) is 11.3 Å². The van der Waals surface area contributed by atoms with E-state index in [1.165, 1.54) is 0 Å². The highest BCUT2D eigenvalue weighted by molar-refractivity contribution is 7.98. The zero-order valence-electron chi connectivity index (χ0n) is 11.4. The zero-order valence-corrected chi connectivity index (χ0v) is 12.2. The molecule has 1 aliphatic rings. The molecule has 0 spiro atoms. The summed E-state index contributed by atoms with van der Waals surface area (Å²) in [4.78, 5) is 28.3. The quantitative estimate of drug-likeness (QED) is 0.792. The van der Waals surface area contributed by atoms with Crippen LogP contribution in [0.1, 0.15) is 6.42 Å². The number of rotatable bonds is 3. The largest absolute Gasteiger partial charge is 0.349 e. The molecule has 1 fully saturated rings. The molecule has 1 heterocycles.